The van der Waals surface area contributed by atoms with E-state index in [0.717, 1.165) is 45.7 Å². The van der Waals surface area contributed by atoms with Gasteiger partial charge in [0.05, 0.1) is 24.2 Å². The summed E-state index contributed by atoms with van der Waals surface area (Å²) in [5.74, 6) is -0.0188. The minimum absolute atomic E-state index is 0.0306. The first-order valence-electron chi connectivity index (χ1n) is 12.8. The Bertz CT molecular complexity index is 1160. The number of benzene rings is 2. The highest BCUT2D eigenvalue weighted by atomic mass is 35.5. The number of thiocarbonyl (C=S) groups is 1. The molecule has 2 aliphatic rings. The standard InChI is InChI=1S/C27H33Cl2N5O3S/c1-3-31-13-15-32(16-14-31)11-4-12-33-23(18-25(35)30-20-7-5-19(28)6-8-20)26(36)34(27(33)38)21-9-10-24(37-2)22(29)17-21/h5-10,17,23H,3-4,11-16,18H2,1-2H3,(H,30,35). The number of likely N-dealkylation sites (N-methyl/N-ethyl adjacent to an activating group) is 1. The number of methoxy groups -OCH3 is 1. The first kappa shape index (κ1) is 28.6. The van der Waals surface area contributed by atoms with E-state index in [9.17, 15) is 9.59 Å². The van der Waals surface area contributed by atoms with Gasteiger partial charge < -0.3 is 24.8 Å². The van der Waals surface area contributed by atoms with Gasteiger partial charge in [0.15, 0.2) is 5.11 Å². The van der Waals surface area contributed by atoms with Crippen LogP contribution in [0.3, 0.4) is 0 Å². The third-order valence-electron chi connectivity index (χ3n) is 7.00. The highest BCUT2D eigenvalue weighted by Gasteiger charge is 2.44. The largest absolute Gasteiger partial charge is 0.495 e. The number of amides is 2. The van der Waals surface area contributed by atoms with Crippen LogP contribution in [0.25, 0.3) is 0 Å². The molecule has 2 fully saturated rings. The Balaban J connectivity index is 1.48. The van der Waals surface area contributed by atoms with E-state index in [2.05, 4.69) is 22.0 Å². The van der Waals surface area contributed by atoms with Crippen LogP contribution in [0, 0.1) is 0 Å². The van der Waals surface area contributed by atoms with Crippen LogP contribution < -0.4 is 15.0 Å². The third kappa shape index (κ3) is 6.76. The van der Waals surface area contributed by atoms with Crippen molar-refractivity contribution in [1.82, 2.24) is 14.7 Å². The first-order chi connectivity index (χ1) is 18.3. The van der Waals surface area contributed by atoms with E-state index in [1.807, 2.05) is 4.90 Å². The Morgan fingerprint density at radius 3 is 2.37 bits per heavy atom. The molecule has 2 aromatic rings. The van der Waals surface area contributed by atoms with E-state index in [0.29, 0.717) is 38.8 Å². The zero-order valence-corrected chi connectivity index (χ0v) is 24.0. The van der Waals surface area contributed by atoms with Crippen LogP contribution >= 0.6 is 35.4 Å². The second-order valence-electron chi connectivity index (χ2n) is 9.37. The normalized spacial score (nSPS) is 18.8. The molecule has 2 aromatic carbocycles. The molecule has 0 saturated carbocycles. The molecule has 0 spiro atoms. The number of ether oxygens (including phenoxy) is 1. The second kappa shape index (κ2) is 13.1. The van der Waals surface area contributed by atoms with Gasteiger partial charge in [0.1, 0.15) is 11.8 Å². The van der Waals surface area contributed by atoms with Gasteiger partial charge in [-0.3, -0.25) is 14.5 Å². The number of hydrogen-bond acceptors (Lipinski definition) is 6. The summed E-state index contributed by atoms with van der Waals surface area (Å²) in [5.41, 5.74) is 1.16. The molecule has 2 saturated heterocycles. The van der Waals surface area contributed by atoms with Gasteiger partial charge in [-0.2, -0.15) is 0 Å². The van der Waals surface area contributed by atoms with Gasteiger partial charge in [-0.1, -0.05) is 30.1 Å². The summed E-state index contributed by atoms with van der Waals surface area (Å²) < 4.78 is 5.25. The van der Waals surface area contributed by atoms with Crippen molar-refractivity contribution >= 4 is 63.7 Å². The van der Waals surface area contributed by atoms with E-state index in [4.69, 9.17) is 40.2 Å². The Labute approximate surface area is 239 Å². The van der Waals surface area contributed by atoms with Gasteiger partial charge in [-0.25, -0.2) is 0 Å². The van der Waals surface area contributed by atoms with Crippen molar-refractivity contribution in [2.45, 2.75) is 25.8 Å². The van der Waals surface area contributed by atoms with Crippen molar-refractivity contribution in [1.29, 1.82) is 0 Å². The minimum Gasteiger partial charge on any atom is -0.495 e. The second-order valence-corrected chi connectivity index (χ2v) is 10.6. The maximum absolute atomic E-state index is 13.7. The molecular formula is C27H33Cl2N5O3S. The van der Waals surface area contributed by atoms with Crippen LogP contribution in [0.5, 0.6) is 5.75 Å². The van der Waals surface area contributed by atoms with E-state index in [1.165, 1.54) is 12.0 Å². The zero-order chi connectivity index (χ0) is 27.2. The molecule has 38 heavy (non-hydrogen) atoms. The van der Waals surface area contributed by atoms with Crippen molar-refractivity contribution in [3.05, 3.63) is 52.5 Å². The molecule has 8 nitrogen and oxygen atoms in total. The predicted octanol–water partition coefficient (Wildman–Crippen LogP) is 4.36. The molecule has 2 heterocycles. The highest BCUT2D eigenvalue weighted by Crippen LogP contribution is 2.33. The Morgan fingerprint density at radius 1 is 1.05 bits per heavy atom. The van der Waals surface area contributed by atoms with Crippen molar-refractivity contribution in [3.63, 3.8) is 0 Å². The van der Waals surface area contributed by atoms with Crippen LogP contribution in [0.1, 0.15) is 19.8 Å². The van der Waals surface area contributed by atoms with Gasteiger partial charge in [0.2, 0.25) is 5.91 Å². The van der Waals surface area contributed by atoms with Crippen LogP contribution in [-0.4, -0.2) is 90.6 Å². The number of nitrogens with one attached hydrogen (secondary N) is 1. The van der Waals surface area contributed by atoms with Gasteiger partial charge in [0, 0.05) is 43.4 Å². The maximum atomic E-state index is 13.7. The number of carbonyl (C=O) groups is 2. The summed E-state index contributed by atoms with van der Waals surface area (Å²) in [4.78, 5) is 34.9. The van der Waals surface area contributed by atoms with Gasteiger partial charge in [-0.15, -0.1) is 0 Å². The number of anilines is 2. The SMILES string of the molecule is CCN1CCN(CCCN2C(=S)N(c3ccc(OC)c(Cl)c3)C(=O)C2CC(=O)Nc2ccc(Cl)cc2)CC1. The Morgan fingerprint density at radius 2 is 1.74 bits per heavy atom. The molecule has 2 aliphatic heterocycles. The lowest BCUT2D eigenvalue weighted by atomic mass is 10.1. The molecule has 0 aliphatic carbocycles. The summed E-state index contributed by atoms with van der Waals surface area (Å²) in [6.45, 7) is 8.92. The lowest BCUT2D eigenvalue weighted by molar-refractivity contribution is -0.124. The van der Waals surface area contributed by atoms with Crippen LogP contribution in [-0.2, 0) is 9.59 Å². The fourth-order valence-electron chi connectivity index (χ4n) is 4.83. The van der Waals surface area contributed by atoms with Gasteiger partial charge >= 0.3 is 0 Å². The molecule has 1 N–H and O–H groups in total. The summed E-state index contributed by atoms with van der Waals surface area (Å²) in [5, 5.41) is 4.19. The average molecular weight is 579 g/mol. The number of nitrogens with zero attached hydrogens (tertiary/aromatic N) is 4. The zero-order valence-electron chi connectivity index (χ0n) is 21.7. The summed E-state index contributed by atoms with van der Waals surface area (Å²) in [6, 6.07) is 11.2. The van der Waals surface area contributed by atoms with Crippen molar-refractivity contribution < 1.29 is 14.3 Å². The molecule has 0 bridgehead atoms. The average Bonchev–Trinajstić information content (AvgIpc) is 3.14. The topological polar surface area (TPSA) is 68.4 Å². The highest BCUT2D eigenvalue weighted by molar-refractivity contribution is 7.80. The van der Waals surface area contributed by atoms with Crippen LogP contribution in [0.2, 0.25) is 10.0 Å². The molecule has 2 amide bonds. The molecule has 1 unspecified atom stereocenters. The smallest absolute Gasteiger partial charge is 0.256 e. The number of piperazine rings is 1. The van der Waals surface area contributed by atoms with Crippen molar-refractivity contribution in [2.75, 3.05) is 63.1 Å². The molecular weight excluding hydrogens is 545 g/mol. The Kier molecular flexibility index (Phi) is 9.84. The maximum Gasteiger partial charge on any atom is 0.256 e. The number of hydrogen-bond donors (Lipinski definition) is 1. The lowest BCUT2D eigenvalue weighted by Crippen LogP contribution is -2.47. The van der Waals surface area contributed by atoms with Gasteiger partial charge in [0.25, 0.3) is 5.91 Å². The van der Waals surface area contributed by atoms with Gasteiger partial charge in [-0.05, 0) is 74.2 Å². The molecule has 0 aromatic heterocycles. The molecule has 11 heteroatoms. The quantitative estimate of drug-likeness (QED) is 0.421. The molecule has 4 rings (SSSR count). The fraction of sp³-hybridized carbons (Fsp3) is 0.444. The third-order valence-corrected chi connectivity index (χ3v) is 7.97. The lowest BCUT2D eigenvalue weighted by Gasteiger charge is -2.34. The van der Waals surface area contributed by atoms with Crippen molar-refractivity contribution in [2.24, 2.45) is 0 Å². The fourth-order valence-corrected chi connectivity index (χ4v) is 5.63. The number of halogens is 2. The summed E-state index contributed by atoms with van der Waals surface area (Å²) in [6.07, 6.45) is 0.795. The first-order valence-corrected chi connectivity index (χ1v) is 14.0. The molecule has 0 radical (unpaired) electrons. The monoisotopic (exact) mass is 577 g/mol. The number of carbonyl (C=O) groups excluding carboxylic acids is 2. The van der Waals surface area contributed by atoms with E-state index in [-0.39, 0.29) is 18.2 Å². The Hall–Kier alpha value is -2.43. The van der Waals surface area contributed by atoms with Crippen LogP contribution in [0.15, 0.2) is 42.5 Å². The van der Waals surface area contributed by atoms with E-state index >= 15 is 0 Å². The van der Waals surface area contributed by atoms with E-state index < -0.39 is 6.04 Å². The van der Waals surface area contributed by atoms with E-state index in [1.54, 1.807) is 42.5 Å². The summed E-state index contributed by atoms with van der Waals surface area (Å²) >= 11 is 18.1. The molecule has 204 valence electrons. The van der Waals surface area contributed by atoms with Crippen LogP contribution in [0.4, 0.5) is 11.4 Å². The minimum atomic E-state index is -0.715. The predicted molar refractivity (Wildman–Crippen MR) is 156 cm³/mol. The molecule has 1 atom stereocenters. The number of rotatable bonds is 10. The van der Waals surface area contributed by atoms with Crippen molar-refractivity contribution in [3.8, 4) is 5.75 Å². The summed E-state index contributed by atoms with van der Waals surface area (Å²) in [7, 11) is 1.53.